The van der Waals surface area contributed by atoms with E-state index in [1.807, 2.05) is 13.8 Å². The fourth-order valence-electron chi connectivity index (χ4n) is 1.24. The molecule has 0 aromatic carbocycles. The summed E-state index contributed by atoms with van der Waals surface area (Å²) in [5.74, 6) is 0. The molecule has 0 bridgehead atoms. The third-order valence-electron chi connectivity index (χ3n) is 1.82. The molecule has 1 fully saturated rings. The maximum atomic E-state index is 5.72. The molecule has 1 unspecified atom stereocenters. The molecule has 0 amide bonds. The van der Waals surface area contributed by atoms with Gasteiger partial charge < -0.3 is 5.73 Å². The number of nitrogens with two attached hydrogens (primary N) is 1. The zero-order valence-electron chi connectivity index (χ0n) is 7.43. The second-order valence-corrected chi connectivity index (χ2v) is 2.34. The summed E-state index contributed by atoms with van der Waals surface area (Å²) in [5, 5.41) is 0. The van der Waals surface area contributed by atoms with Gasteiger partial charge in [0.25, 0.3) is 0 Å². The van der Waals surface area contributed by atoms with Crippen LogP contribution in [0, 0.1) is 0 Å². The quantitative estimate of drug-likeness (QED) is 0.603. The first-order chi connectivity index (χ1) is 4.84. The summed E-state index contributed by atoms with van der Waals surface area (Å²) in [7, 11) is 0. The summed E-state index contributed by atoms with van der Waals surface area (Å²) >= 11 is 0. The molecule has 1 rings (SSSR count). The highest BCUT2D eigenvalue weighted by Gasteiger charge is 2.17. The SMILES string of the molecule is CC.CCN1CCCC1N. The van der Waals surface area contributed by atoms with Gasteiger partial charge in [-0.05, 0) is 25.9 Å². The van der Waals surface area contributed by atoms with E-state index >= 15 is 0 Å². The fourth-order valence-corrected chi connectivity index (χ4v) is 1.24. The van der Waals surface area contributed by atoms with Crippen LogP contribution in [0.3, 0.4) is 0 Å². The molecule has 0 aromatic heterocycles. The maximum absolute atomic E-state index is 5.72. The predicted molar refractivity (Wildman–Crippen MR) is 45.8 cm³/mol. The number of likely N-dealkylation sites (tertiary alicyclic amines) is 1. The topological polar surface area (TPSA) is 29.3 Å². The lowest BCUT2D eigenvalue weighted by atomic mass is 10.3. The number of rotatable bonds is 1. The standard InChI is InChI=1S/C6H14N2.C2H6/c1-2-8-5-3-4-6(8)7;1-2/h6H,2-5,7H2,1H3;1-2H3. The van der Waals surface area contributed by atoms with Crippen molar-refractivity contribution in [2.75, 3.05) is 13.1 Å². The largest absolute Gasteiger partial charge is 0.316 e. The summed E-state index contributed by atoms with van der Waals surface area (Å²) in [5.41, 5.74) is 5.72. The Kier molecular flexibility index (Phi) is 5.64. The lowest BCUT2D eigenvalue weighted by Crippen LogP contribution is -2.35. The first-order valence-corrected chi connectivity index (χ1v) is 4.34. The van der Waals surface area contributed by atoms with E-state index in [0.29, 0.717) is 6.17 Å². The van der Waals surface area contributed by atoms with Crippen LogP contribution in [0.1, 0.15) is 33.6 Å². The predicted octanol–water partition coefficient (Wildman–Crippen LogP) is 1.41. The third kappa shape index (κ3) is 2.67. The Hall–Kier alpha value is -0.0800. The Morgan fingerprint density at radius 3 is 2.30 bits per heavy atom. The minimum absolute atomic E-state index is 0.361. The average Bonchev–Trinajstić information content (AvgIpc) is 2.39. The fraction of sp³-hybridized carbons (Fsp3) is 1.00. The van der Waals surface area contributed by atoms with Crippen molar-refractivity contribution in [1.29, 1.82) is 0 Å². The highest BCUT2D eigenvalue weighted by molar-refractivity contribution is 4.71. The summed E-state index contributed by atoms with van der Waals surface area (Å²) < 4.78 is 0. The molecular formula is C8H20N2. The van der Waals surface area contributed by atoms with Crippen molar-refractivity contribution >= 4 is 0 Å². The van der Waals surface area contributed by atoms with Crippen molar-refractivity contribution in [2.45, 2.75) is 39.8 Å². The minimum atomic E-state index is 0.361. The molecule has 2 nitrogen and oxygen atoms in total. The molecule has 1 atom stereocenters. The Morgan fingerprint density at radius 1 is 1.50 bits per heavy atom. The van der Waals surface area contributed by atoms with Crippen molar-refractivity contribution in [3.63, 3.8) is 0 Å². The molecule has 0 saturated carbocycles. The van der Waals surface area contributed by atoms with Crippen molar-refractivity contribution in [1.82, 2.24) is 4.90 Å². The first-order valence-electron chi connectivity index (χ1n) is 4.34. The van der Waals surface area contributed by atoms with Crippen molar-refractivity contribution in [3.05, 3.63) is 0 Å². The Bertz CT molecular complexity index is 73.7. The first kappa shape index (κ1) is 9.92. The molecule has 62 valence electrons. The van der Waals surface area contributed by atoms with Crippen molar-refractivity contribution < 1.29 is 0 Å². The van der Waals surface area contributed by atoms with Gasteiger partial charge in [0.15, 0.2) is 0 Å². The van der Waals surface area contributed by atoms with Crippen LogP contribution in [0.5, 0.6) is 0 Å². The van der Waals surface area contributed by atoms with E-state index in [2.05, 4.69) is 11.8 Å². The van der Waals surface area contributed by atoms with Crippen LogP contribution in [-0.4, -0.2) is 24.2 Å². The summed E-state index contributed by atoms with van der Waals surface area (Å²) in [6.07, 6.45) is 2.84. The van der Waals surface area contributed by atoms with Gasteiger partial charge in [-0.25, -0.2) is 0 Å². The highest BCUT2D eigenvalue weighted by atomic mass is 15.2. The summed E-state index contributed by atoms with van der Waals surface area (Å²) in [6, 6.07) is 0. The Morgan fingerprint density at radius 2 is 2.10 bits per heavy atom. The molecule has 1 aliphatic heterocycles. The van der Waals surface area contributed by atoms with E-state index in [0.717, 1.165) is 6.54 Å². The number of nitrogens with zero attached hydrogens (tertiary/aromatic N) is 1. The van der Waals surface area contributed by atoms with Crippen LogP contribution in [0.2, 0.25) is 0 Å². The van der Waals surface area contributed by atoms with E-state index in [1.54, 1.807) is 0 Å². The van der Waals surface area contributed by atoms with Gasteiger partial charge in [0, 0.05) is 0 Å². The smallest absolute Gasteiger partial charge is 0.0572 e. The maximum Gasteiger partial charge on any atom is 0.0572 e. The van der Waals surface area contributed by atoms with Gasteiger partial charge in [-0.1, -0.05) is 20.8 Å². The van der Waals surface area contributed by atoms with Crippen LogP contribution < -0.4 is 5.73 Å². The molecule has 1 saturated heterocycles. The van der Waals surface area contributed by atoms with Gasteiger partial charge in [-0.15, -0.1) is 0 Å². The Labute approximate surface area is 64.4 Å². The van der Waals surface area contributed by atoms with Gasteiger partial charge in [0.2, 0.25) is 0 Å². The molecule has 0 aromatic rings. The van der Waals surface area contributed by atoms with Gasteiger partial charge in [0.1, 0.15) is 0 Å². The second-order valence-electron chi connectivity index (χ2n) is 2.34. The van der Waals surface area contributed by atoms with E-state index in [1.165, 1.54) is 19.4 Å². The van der Waals surface area contributed by atoms with E-state index < -0.39 is 0 Å². The third-order valence-corrected chi connectivity index (χ3v) is 1.82. The summed E-state index contributed by atoms with van der Waals surface area (Å²) in [4.78, 5) is 2.31. The Balaban J connectivity index is 0.000000371. The van der Waals surface area contributed by atoms with Crippen LogP contribution in [-0.2, 0) is 0 Å². The zero-order chi connectivity index (χ0) is 7.98. The highest BCUT2D eigenvalue weighted by Crippen LogP contribution is 2.10. The van der Waals surface area contributed by atoms with Crippen LogP contribution >= 0.6 is 0 Å². The monoisotopic (exact) mass is 144 g/mol. The van der Waals surface area contributed by atoms with Crippen molar-refractivity contribution in [3.8, 4) is 0 Å². The van der Waals surface area contributed by atoms with Gasteiger partial charge >= 0.3 is 0 Å². The van der Waals surface area contributed by atoms with Gasteiger partial charge in [-0.2, -0.15) is 0 Å². The van der Waals surface area contributed by atoms with Gasteiger partial charge in [0.05, 0.1) is 6.17 Å². The normalized spacial score (nSPS) is 25.8. The zero-order valence-corrected chi connectivity index (χ0v) is 7.43. The van der Waals surface area contributed by atoms with Crippen LogP contribution in [0.15, 0.2) is 0 Å². The number of hydrogen-bond donors (Lipinski definition) is 1. The molecule has 0 spiro atoms. The molecule has 1 aliphatic rings. The van der Waals surface area contributed by atoms with Crippen molar-refractivity contribution in [2.24, 2.45) is 5.73 Å². The van der Waals surface area contributed by atoms with E-state index in [9.17, 15) is 0 Å². The lowest BCUT2D eigenvalue weighted by Gasteiger charge is -2.17. The molecule has 10 heavy (non-hydrogen) atoms. The number of hydrogen-bond acceptors (Lipinski definition) is 2. The van der Waals surface area contributed by atoms with Crippen LogP contribution in [0.4, 0.5) is 0 Å². The minimum Gasteiger partial charge on any atom is -0.316 e. The lowest BCUT2D eigenvalue weighted by molar-refractivity contribution is 0.273. The summed E-state index contributed by atoms with van der Waals surface area (Å²) in [6.45, 7) is 8.48. The second kappa shape index (κ2) is 5.69. The molecule has 1 heterocycles. The molecular weight excluding hydrogens is 124 g/mol. The van der Waals surface area contributed by atoms with Crippen LogP contribution in [0.25, 0.3) is 0 Å². The molecule has 2 heteroatoms. The van der Waals surface area contributed by atoms with E-state index in [-0.39, 0.29) is 0 Å². The van der Waals surface area contributed by atoms with E-state index in [4.69, 9.17) is 5.73 Å². The molecule has 0 radical (unpaired) electrons. The average molecular weight is 144 g/mol. The molecule has 0 aliphatic carbocycles. The van der Waals surface area contributed by atoms with Gasteiger partial charge in [-0.3, -0.25) is 4.90 Å². The molecule has 2 N–H and O–H groups in total.